The van der Waals surface area contributed by atoms with Gasteiger partial charge in [-0.1, -0.05) is 0 Å². The van der Waals surface area contributed by atoms with Crippen LogP contribution in [0.2, 0.25) is 0 Å². The van der Waals surface area contributed by atoms with Gasteiger partial charge in [0, 0.05) is 36.7 Å². The van der Waals surface area contributed by atoms with Crippen LogP contribution < -0.4 is 5.32 Å². The molecule has 6 nitrogen and oxygen atoms in total. The van der Waals surface area contributed by atoms with Gasteiger partial charge in [-0.2, -0.15) is 5.10 Å². The fourth-order valence-corrected chi connectivity index (χ4v) is 2.47. The lowest BCUT2D eigenvalue weighted by Crippen LogP contribution is -2.03. The average molecular weight is 294 g/mol. The molecule has 0 fully saturated rings. The van der Waals surface area contributed by atoms with Crippen molar-refractivity contribution in [1.82, 2.24) is 14.8 Å². The number of nitrogens with zero attached hydrogens (tertiary/aromatic N) is 3. The van der Waals surface area contributed by atoms with Crippen LogP contribution >= 0.6 is 11.3 Å². The largest absolute Gasteiger partial charge is 0.469 e. The first-order valence-corrected chi connectivity index (χ1v) is 7.20. The van der Waals surface area contributed by atoms with Crippen molar-refractivity contribution in [3.05, 3.63) is 28.5 Å². The van der Waals surface area contributed by atoms with Gasteiger partial charge in [0.1, 0.15) is 0 Å². The average Bonchev–Trinajstić information content (AvgIpc) is 3.03. The van der Waals surface area contributed by atoms with Gasteiger partial charge in [-0.05, 0) is 6.92 Å². The Kier molecular flexibility index (Phi) is 4.73. The number of carbonyl (C=O) groups excluding carboxylic acids is 1. The van der Waals surface area contributed by atoms with E-state index in [9.17, 15) is 4.79 Å². The van der Waals surface area contributed by atoms with E-state index < -0.39 is 0 Å². The lowest BCUT2D eigenvalue weighted by atomic mass is 10.2. The van der Waals surface area contributed by atoms with Crippen LogP contribution in [-0.4, -0.2) is 27.8 Å². The van der Waals surface area contributed by atoms with Gasteiger partial charge >= 0.3 is 5.97 Å². The fourth-order valence-electron chi connectivity index (χ4n) is 1.72. The highest BCUT2D eigenvalue weighted by Crippen LogP contribution is 2.18. The smallest absolute Gasteiger partial charge is 0.305 e. The minimum Gasteiger partial charge on any atom is -0.469 e. The van der Waals surface area contributed by atoms with Gasteiger partial charge in [-0.3, -0.25) is 9.48 Å². The Morgan fingerprint density at radius 2 is 2.35 bits per heavy atom. The van der Waals surface area contributed by atoms with E-state index >= 15 is 0 Å². The second kappa shape index (κ2) is 6.51. The summed E-state index contributed by atoms with van der Waals surface area (Å²) in [5.41, 5.74) is 3.20. The summed E-state index contributed by atoms with van der Waals surface area (Å²) in [5, 5.41) is 10.3. The highest BCUT2D eigenvalue weighted by Gasteiger charge is 2.07. The quantitative estimate of drug-likeness (QED) is 0.824. The number of methoxy groups -OCH3 is 1. The summed E-state index contributed by atoms with van der Waals surface area (Å²) in [5.74, 6) is -0.210. The van der Waals surface area contributed by atoms with E-state index in [4.69, 9.17) is 0 Å². The monoisotopic (exact) mass is 294 g/mol. The third-order valence-electron chi connectivity index (χ3n) is 3.13. The molecule has 2 heterocycles. The second-order valence-electron chi connectivity index (χ2n) is 4.45. The summed E-state index contributed by atoms with van der Waals surface area (Å²) in [6, 6.07) is 0. The number of rotatable bonds is 6. The highest BCUT2D eigenvalue weighted by atomic mass is 32.1. The molecule has 0 saturated heterocycles. The molecule has 7 heteroatoms. The molecule has 20 heavy (non-hydrogen) atoms. The fraction of sp³-hybridized carbons (Fsp3) is 0.462. The number of anilines is 1. The van der Waals surface area contributed by atoms with Crippen LogP contribution in [0.5, 0.6) is 0 Å². The standard InChI is InChI=1S/C13H18N4O2S/c1-9-10(7-15-17(9)2)6-14-13-16-11(8-20-13)4-5-12(18)19-3/h7-8H,4-6H2,1-3H3,(H,14,16). The van der Waals surface area contributed by atoms with Crippen LogP contribution in [0.3, 0.4) is 0 Å². The number of thiazole rings is 1. The number of ether oxygens (including phenoxy) is 1. The molecule has 0 aromatic carbocycles. The second-order valence-corrected chi connectivity index (χ2v) is 5.31. The van der Waals surface area contributed by atoms with Crippen molar-refractivity contribution in [2.24, 2.45) is 7.05 Å². The Morgan fingerprint density at radius 3 is 3.00 bits per heavy atom. The van der Waals surface area contributed by atoms with E-state index in [0.29, 0.717) is 19.4 Å². The van der Waals surface area contributed by atoms with Gasteiger partial charge in [0.2, 0.25) is 0 Å². The summed E-state index contributed by atoms with van der Waals surface area (Å²) in [7, 11) is 3.32. The van der Waals surface area contributed by atoms with E-state index in [2.05, 4.69) is 20.1 Å². The maximum Gasteiger partial charge on any atom is 0.305 e. The van der Waals surface area contributed by atoms with Crippen LogP contribution in [0.4, 0.5) is 5.13 Å². The van der Waals surface area contributed by atoms with Crippen molar-refractivity contribution in [2.45, 2.75) is 26.3 Å². The Bertz CT molecular complexity index is 591. The van der Waals surface area contributed by atoms with E-state index in [1.807, 2.05) is 30.2 Å². The van der Waals surface area contributed by atoms with E-state index in [0.717, 1.165) is 22.1 Å². The lowest BCUT2D eigenvalue weighted by molar-refractivity contribution is -0.140. The number of hydrogen-bond acceptors (Lipinski definition) is 6. The molecule has 2 aromatic heterocycles. The first kappa shape index (κ1) is 14.5. The van der Waals surface area contributed by atoms with Crippen molar-refractivity contribution in [3.63, 3.8) is 0 Å². The topological polar surface area (TPSA) is 69.0 Å². The molecular formula is C13H18N4O2S. The van der Waals surface area contributed by atoms with Crippen LogP contribution in [0.1, 0.15) is 23.4 Å². The third-order valence-corrected chi connectivity index (χ3v) is 3.98. The lowest BCUT2D eigenvalue weighted by Gasteiger charge is -2.02. The maximum atomic E-state index is 11.1. The zero-order valence-electron chi connectivity index (χ0n) is 11.8. The molecule has 0 spiro atoms. The van der Waals surface area contributed by atoms with Gasteiger partial charge < -0.3 is 10.1 Å². The Hall–Kier alpha value is -1.89. The number of hydrogen-bond donors (Lipinski definition) is 1. The minimum atomic E-state index is -0.210. The van der Waals surface area contributed by atoms with Gasteiger partial charge in [0.05, 0.1) is 25.4 Å². The summed E-state index contributed by atoms with van der Waals surface area (Å²) in [6.07, 6.45) is 2.83. The third kappa shape index (κ3) is 3.57. The van der Waals surface area contributed by atoms with Crippen molar-refractivity contribution in [1.29, 1.82) is 0 Å². The van der Waals surface area contributed by atoms with Gasteiger partial charge in [-0.25, -0.2) is 4.98 Å². The predicted octanol–water partition coefficient (Wildman–Crippen LogP) is 1.90. The van der Waals surface area contributed by atoms with Crippen LogP contribution in [-0.2, 0) is 29.5 Å². The Labute approximate surface area is 121 Å². The summed E-state index contributed by atoms with van der Waals surface area (Å²) in [6.45, 7) is 2.73. The van der Waals surface area contributed by atoms with Crippen molar-refractivity contribution in [2.75, 3.05) is 12.4 Å². The van der Waals surface area contributed by atoms with Crippen LogP contribution in [0.25, 0.3) is 0 Å². The van der Waals surface area contributed by atoms with Crippen LogP contribution in [0.15, 0.2) is 11.6 Å². The molecule has 0 aliphatic rings. The normalized spacial score (nSPS) is 10.6. The number of nitrogens with one attached hydrogen (secondary N) is 1. The molecule has 0 aliphatic carbocycles. The zero-order chi connectivity index (χ0) is 14.5. The molecule has 0 radical (unpaired) electrons. The van der Waals surface area contributed by atoms with E-state index in [-0.39, 0.29) is 5.97 Å². The van der Waals surface area contributed by atoms with Gasteiger partial charge in [0.25, 0.3) is 0 Å². The van der Waals surface area contributed by atoms with E-state index in [1.165, 1.54) is 18.4 Å². The molecule has 0 amide bonds. The van der Waals surface area contributed by atoms with Gasteiger partial charge in [0.15, 0.2) is 5.13 Å². The summed E-state index contributed by atoms with van der Waals surface area (Å²) in [4.78, 5) is 15.5. The van der Waals surface area contributed by atoms with E-state index in [1.54, 1.807) is 0 Å². The molecule has 0 aliphatic heterocycles. The van der Waals surface area contributed by atoms with Gasteiger partial charge in [-0.15, -0.1) is 11.3 Å². The zero-order valence-corrected chi connectivity index (χ0v) is 12.7. The highest BCUT2D eigenvalue weighted by molar-refractivity contribution is 7.13. The summed E-state index contributed by atoms with van der Waals surface area (Å²) < 4.78 is 6.46. The first-order chi connectivity index (χ1) is 9.60. The number of aromatic nitrogens is 3. The number of aryl methyl sites for hydroxylation is 2. The van der Waals surface area contributed by atoms with Crippen molar-refractivity contribution < 1.29 is 9.53 Å². The SMILES string of the molecule is COC(=O)CCc1csc(NCc2cnn(C)c2C)n1. The molecular weight excluding hydrogens is 276 g/mol. The number of carbonyl (C=O) groups is 1. The Morgan fingerprint density at radius 1 is 1.55 bits per heavy atom. The molecule has 0 unspecified atom stereocenters. The molecule has 1 N–H and O–H groups in total. The number of esters is 1. The molecule has 0 bridgehead atoms. The Balaban J connectivity index is 1.86. The molecule has 0 saturated carbocycles. The predicted molar refractivity (Wildman–Crippen MR) is 77.7 cm³/mol. The van der Waals surface area contributed by atoms with Crippen molar-refractivity contribution >= 4 is 22.4 Å². The molecule has 0 atom stereocenters. The molecule has 2 aromatic rings. The first-order valence-electron chi connectivity index (χ1n) is 6.32. The summed E-state index contributed by atoms with van der Waals surface area (Å²) >= 11 is 1.54. The minimum absolute atomic E-state index is 0.210. The molecule has 108 valence electrons. The maximum absolute atomic E-state index is 11.1. The van der Waals surface area contributed by atoms with Crippen molar-refractivity contribution in [3.8, 4) is 0 Å². The van der Waals surface area contributed by atoms with Crippen LogP contribution in [0, 0.1) is 6.92 Å². The molecule has 2 rings (SSSR count).